The molecule has 7 heteroatoms. The monoisotopic (exact) mass is 270 g/mol. The fourth-order valence-corrected chi connectivity index (χ4v) is 2.12. The van der Waals surface area contributed by atoms with Gasteiger partial charge in [-0.2, -0.15) is 0 Å². The molecule has 0 spiro atoms. The van der Waals surface area contributed by atoms with Gasteiger partial charge in [-0.05, 0) is 22.0 Å². The zero-order valence-corrected chi connectivity index (χ0v) is 8.82. The maximum atomic E-state index is 10.9. The van der Waals surface area contributed by atoms with Crippen LogP contribution in [0.3, 0.4) is 0 Å². The van der Waals surface area contributed by atoms with Crippen molar-refractivity contribution in [2.24, 2.45) is 5.14 Å². The van der Waals surface area contributed by atoms with E-state index in [9.17, 15) is 8.42 Å². The van der Waals surface area contributed by atoms with Crippen LogP contribution in [-0.4, -0.2) is 13.4 Å². The number of halogens is 2. The fourth-order valence-electron chi connectivity index (χ4n) is 0.622. The third kappa shape index (κ3) is 1.95. The van der Waals surface area contributed by atoms with Crippen molar-refractivity contribution in [3.63, 3.8) is 0 Å². The molecule has 0 radical (unpaired) electrons. The van der Waals surface area contributed by atoms with E-state index in [2.05, 4.69) is 20.9 Å². The van der Waals surface area contributed by atoms with Crippen LogP contribution < -0.4 is 5.14 Å². The van der Waals surface area contributed by atoms with Gasteiger partial charge in [-0.1, -0.05) is 11.6 Å². The minimum Gasteiger partial charge on any atom is -0.248 e. The first kappa shape index (κ1) is 9.91. The summed E-state index contributed by atoms with van der Waals surface area (Å²) >= 11 is 8.58. The minimum atomic E-state index is -3.76. The number of rotatable bonds is 1. The van der Waals surface area contributed by atoms with E-state index in [1.165, 1.54) is 12.3 Å². The number of nitrogens with two attached hydrogens (primary N) is 1. The van der Waals surface area contributed by atoms with E-state index in [4.69, 9.17) is 16.7 Å². The summed E-state index contributed by atoms with van der Waals surface area (Å²) in [5.41, 5.74) is 0. The third-order valence-corrected chi connectivity index (χ3v) is 3.40. The molecule has 1 rings (SSSR count). The number of primary sulfonamides is 1. The van der Waals surface area contributed by atoms with Gasteiger partial charge in [0.1, 0.15) is 9.50 Å². The molecular formula is C5H4BrClN2O2S. The van der Waals surface area contributed by atoms with Gasteiger partial charge in [0, 0.05) is 6.20 Å². The summed E-state index contributed by atoms with van der Waals surface area (Å²) in [4.78, 5) is 3.58. The summed E-state index contributed by atoms with van der Waals surface area (Å²) < 4.78 is 22.0. The van der Waals surface area contributed by atoms with Crippen molar-refractivity contribution in [3.8, 4) is 0 Å². The van der Waals surface area contributed by atoms with Crippen molar-refractivity contribution < 1.29 is 8.42 Å². The molecular weight excluding hydrogens is 267 g/mol. The lowest BCUT2D eigenvalue weighted by molar-refractivity contribution is 0.597. The predicted octanol–water partition coefficient (Wildman–Crippen LogP) is 1.14. The van der Waals surface area contributed by atoms with Crippen LogP contribution in [-0.2, 0) is 10.0 Å². The molecule has 0 aliphatic heterocycles. The second-order valence-corrected chi connectivity index (χ2v) is 4.62. The first-order valence-electron chi connectivity index (χ1n) is 2.75. The predicted molar refractivity (Wildman–Crippen MR) is 48.3 cm³/mol. The van der Waals surface area contributed by atoms with Gasteiger partial charge in [0.25, 0.3) is 0 Å². The number of hydrogen-bond acceptors (Lipinski definition) is 3. The zero-order chi connectivity index (χ0) is 9.35. The molecule has 1 aromatic rings. The number of sulfonamides is 1. The Hall–Kier alpha value is -0.170. The van der Waals surface area contributed by atoms with Gasteiger partial charge in [-0.3, -0.25) is 0 Å². The van der Waals surface area contributed by atoms with Gasteiger partial charge in [0.15, 0.2) is 0 Å². The highest BCUT2D eigenvalue weighted by Crippen LogP contribution is 2.25. The maximum Gasteiger partial charge on any atom is 0.239 e. The van der Waals surface area contributed by atoms with E-state index in [0.717, 1.165) is 0 Å². The van der Waals surface area contributed by atoms with Crippen LogP contribution in [0.5, 0.6) is 0 Å². The molecule has 2 N–H and O–H groups in total. The lowest BCUT2D eigenvalue weighted by Gasteiger charge is -2.00. The highest BCUT2D eigenvalue weighted by atomic mass is 79.9. The Morgan fingerprint density at radius 2 is 2.17 bits per heavy atom. The number of nitrogens with zero attached hydrogens (tertiary/aromatic N) is 1. The minimum absolute atomic E-state index is 0.000000000000000444. The molecule has 66 valence electrons. The van der Waals surface area contributed by atoms with Crippen LogP contribution in [0, 0.1) is 0 Å². The molecule has 0 saturated carbocycles. The maximum absolute atomic E-state index is 10.9. The van der Waals surface area contributed by atoms with Crippen LogP contribution in [0.1, 0.15) is 0 Å². The van der Waals surface area contributed by atoms with Crippen LogP contribution >= 0.6 is 27.5 Å². The molecule has 0 aliphatic rings. The van der Waals surface area contributed by atoms with Crippen LogP contribution in [0.2, 0.25) is 5.02 Å². The smallest absolute Gasteiger partial charge is 0.239 e. The molecule has 0 amide bonds. The van der Waals surface area contributed by atoms with Gasteiger partial charge < -0.3 is 0 Å². The standard InChI is InChI=1S/C5H4BrClN2O2S/c6-5-4(7)3(1-2-9-5)12(8,10)11/h1-2H,(H2,8,10,11). The van der Waals surface area contributed by atoms with E-state index in [0.29, 0.717) is 0 Å². The molecule has 1 heterocycles. The summed E-state index contributed by atoms with van der Waals surface area (Å²) in [6.07, 6.45) is 1.30. The molecule has 0 aliphatic carbocycles. The molecule has 0 bridgehead atoms. The second kappa shape index (κ2) is 3.29. The SMILES string of the molecule is NS(=O)(=O)c1ccnc(Br)c1Cl. The second-order valence-electron chi connectivity index (χ2n) is 1.96. The summed E-state index contributed by atoms with van der Waals surface area (Å²) in [6.45, 7) is 0. The Labute approximate surface area is 82.9 Å². The van der Waals surface area contributed by atoms with Gasteiger partial charge in [0.05, 0.1) is 5.02 Å². The Bertz CT molecular complexity index is 406. The summed E-state index contributed by atoms with van der Waals surface area (Å²) in [7, 11) is -3.76. The number of pyridine rings is 1. The average molecular weight is 272 g/mol. The van der Waals surface area contributed by atoms with E-state index in [1.807, 2.05) is 0 Å². The van der Waals surface area contributed by atoms with E-state index in [1.54, 1.807) is 0 Å². The third-order valence-electron chi connectivity index (χ3n) is 1.12. The van der Waals surface area contributed by atoms with Crippen LogP contribution in [0.15, 0.2) is 21.8 Å². The molecule has 12 heavy (non-hydrogen) atoms. The van der Waals surface area contributed by atoms with E-state index in [-0.39, 0.29) is 14.5 Å². The molecule has 0 fully saturated rings. The molecule has 4 nitrogen and oxygen atoms in total. The Kier molecular flexibility index (Phi) is 2.72. The topological polar surface area (TPSA) is 73.1 Å². The van der Waals surface area contributed by atoms with Crippen LogP contribution in [0.4, 0.5) is 0 Å². The summed E-state index contributed by atoms with van der Waals surface area (Å²) in [6, 6.07) is 1.24. The fraction of sp³-hybridized carbons (Fsp3) is 0. The highest BCUT2D eigenvalue weighted by molar-refractivity contribution is 9.10. The lowest BCUT2D eigenvalue weighted by Crippen LogP contribution is -2.12. The number of hydrogen-bond donors (Lipinski definition) is 1. The average Bonchev–Trinajstić information content (AvgIpc) is 1.92. The summed E-state index contributed by atoms with van der Waals surface area (Å²) in [5, 5.41) is 4.87. The van der Waals surface area contributed by atoms with Crippen LogP contribution in [0.25, 0.3) is 0 Å². The highest BCUT2D eigenvalue weighted by Gasteiger charge is 2.14. The van der Waals surface area contributed by atoms with Crippen molar-refractivity contribution in [3.05, 3.63) is 21.9 Å². The lowest BCUT2D eigenvalue weighted by atomic mass is 10.5. The van der Waals surface area contributed by atoms with Crippen molar-refractivity contribution in [1.29, 1.82) is 0 Å². The van der Waals surface area contributed by atoms with Gasteiger partial charge in [-0.25, -0.2) is 18.5 Å². The molecule has 0 saturated heterocycles. The van der Waals surface area contributed by atoms with Gasteiger partial charge in [0.2, 0.25) is 10.0 Å². The first-order chi connectivity index (χ1) is 5.43. The zero-order valence-electron chi connectivity index (χ0n) is 5.66. The molecule has 0 unspecified atom stereocenters. The van der Waals surface area contributed by atoms with Gasteiger partial charge in [-0.15, -0.1) is 0 Å². The van der Waals surface area contributed by atoms with E-state index >= 15 is 0 Å². The van der Waals surface area contributed by atoms with Crippen molar-refractivity contribution >= 4 is 37.6 Å². The molecule has 1 aromatic heterocycles. The Balaban J connectivity index is 3.47. The van der Waals surface area contributed by atoms with Gasteiger partial charge >= 0.3 is 0 Å². The number of aromatic nitrogens is 1. The molecule has 0 aromatic carbocycles. The van der Waals surface area contributed by atoms with Crippen molar-refractivity contribution in [2.45, 2.75) is 4.90 Å². The first-order valence-corrected chi connectivity index (χ1v) is 5.47. The van der Waals surface area contributed by atoms with Crippen molar-refractivity contribution in [1.82, 2.24) is 4.98 Å². The normalized spacial score (nSPS) is 11.6. The summed E-state index contributed by atoms with van der Waals surface area (Å²) in [5.74, 6) is 0. The molecule has 0 atom stereocenters. The quantitative estimate of drug-likeness (QED) is 0.779. The Morgan fingerprint density at radius 3 is 2.58 bits per heavy atom. The van der Waals surface area contributed by atoms with E-state index < -0.39 is 10.0 Å². The van der Waals surface area contributed by atoms with Crippen molar-refractivity contribution in [2.75, 3.05) is 0 Å². The Morgan fingerprint density at radius 1 is 1.58 bits per heavy atom. The largest absolute Gasteiger partial charge is 0.248 e.